The van der Waals surface area contributed by atoms with Crippen molar-refractivity contribution in [2.75, 3.05) is 7.05 Å². The summed E-state index contributed by atoms with van der Waals surface area (Å²) in [7, 11) is 1.69. The molecule has 11 heavy (non-hydrogen) atoms. The first-order chi connectivity index (χ1) is 4.97. The number of rotatable bonds is 1. The number of carbonyl (C=O) groups is 1. The molecule has 0 saturated carbocycles. The van der Waals surface area contributed by atoms with E-state index in [1.165, 1.54) is 5.01 Å². The lowest BCUT2D eigenvalue weighted by Crippen LogP contribution is -2.45. The van der Waals surface area contributed by atoms with Crippen LogP contribution in [-0.2, 0) is 4.79 Å². The maximum atomic E-state index is 10.8. The second-order valence-corrected chi connectivity index (χ2v) is 3.11. The van der Waals surface area contributed by atoms with E-state index in [0.717, 1.165) is 5.71 Å². The van der Waals surface area contributed by atoms with Gasteiger partial charge in [0.15, 0.2) is 5.54 Å². The molecule has 1 aliphatic rings. The quantitative estimate of drug-likeness (QED) is 0.603. The Morgan fingerprint density at radius 3 is 2.55 bits per heavy atom. The maximum Gasteiger partial charge on any atom is 0.331 e. The first-order valence-corrected chi connectivity index (χ1v) is 3.48. The smallest absolute Gasteiger partial charge is 0.331 e. The van der Waals surface area contributed by atoms with E-state index in [1.807, 2.05) is 6.92 Å². The summed E-state index contributed by atoms with van der Waals surface area (Å²) in [6, 6.07) is 0. The van der Waals surface area contributed by atoms with Crippen molar-refractivity contribution in [1.82, 2.24) is 5.01 Å². The molecule has 0 aromatic heterocycles. The van der Waals surface area contributed by atoms with Gasteiger partial charge in [-0.2, -0.15) is 5.10 Å². The van der Waals surface area contributed by atoms with Crippen LogP contribution in [0.25, 0.3) is 0 Å². The standard InChI is InChI=1S/C7H12N2O2/c1-5-4-7(2,6(10)11)9(3)8-5/h4H2,1-3H3,(H,10,11). The molecule has 0 aromatic rings. The fraction of sp³-hybridized carbons (Fsp3) is 0.714. The molecule has 0 aromatic carbocycles. The molecular weight excluding hydrogens is 144 g/mol. The highest BCUT2D eigenvalue weighted by molar-refractivity contribution is 5.92. The van der Waals surface area contributed by atoms with E-state index >= 15 is 0 Å². The number of hydrazone groups is 1. The Kier molecular flexibility index (Phi) is 1.62. The molecule has 1 atom stereocenters. The van der Waals surface area contributed by atoms with Crippen LogP contribution in [0, 0.1) is 0 Å². The third kappa shape index (κ3) is 1.08. The van der Waals surface area contributed by atoms with Crippen molar-refractivity contribution in [3.8, 4) is 0 Å². The van der Waals surface area contributed by atoms with Gasteiger partial charge >= 0.3 is 5.97 Å². The molecule has 0 radical (unpaired) electrons. The predicted molar refractivity (Wildman–Crippen MR) is 41.5 cm³/mol. The van der Waals surface area contributed by atoms with Crippen molar-refractivity contribution in [3.05, 3.63) is 0 Å². The monoisotopic (exact) mass is 156 g/mol. The second-order valence-electron chi connectivity index (χ2n) is 3.11. The summed E-state index contributed by atoms with van der Waals surface area (Å²) in [4.78, 5) is 10.8. The molecule has 62 valence electrons. The number of nitrogens with zero attached hydrogens (tertiary/aromatic N) is 2. The van der Waals surface area contributed by atoms with Crippen molar-refractivity contribution in [3.63, 3.8) is 0 Å². The van der Waals surface area contributed by atoms with Gasteiger partial charge < -0.3 is 5.11 Å². The van der Waals surface area contributed by atoms with Gasteiger partial charge in [0.2, 0.25) is 0 Å². The van der Waals surface area contributed by atoms with Crippen molar-refractivity contribution in [2.24, 2.45) is 5.10 Å². The van der Waals surface area contributed by atoms with Crippen molar-refractivity contribution in [2.45, 2.75) is 25.8 Å². The molecule has 1 heterocycles. The van der Waals surface area contributed by atoms with Gasteiger partial charge in [-0.1, -0.05) is 0 Å². The zero-order valence-corrected chi connectivity index (χ0v) is 6.96. The minimum Gasteiger partial charge on any atom is -0.479 e. The van der Waals surface area contributed by atoms with Crippen LogP contribution >= 0.6 is 0 Å². The molecule has 4 nitrogen and oxygen atoms in total. The van der Waals surface area contributed by atoms with Crippen LogP contribution in [0.2, 0.25) is 0 Å². The fourth-order valence-electron chi connectivity index (χ4n) is 1.23. The zero-order valence-electron chi connectivity index (χ0n) is 6.96. The van der Waals surface area contributed by atoms with Crippen LogP contribution in [0.4, 0.5) is 0 Å². The number of carboxylic acids is 1. The number of hydrogen-bond donors (Lipinski definition) is 1. The predicted octanol–water partition coefficient (Wildman–Crippen LogP) is 0.541. The zero-order chi connectivity index (χ0) is 8.65. The SMILES string of the molecule is CC1=NN(C)C(C)(C(=O)O)C1. The largest absolute Gasteiger partial charge is 0.479 e. The summed E-state index contributed by atoms with van der Waals surface area (Å²) in [5, 5.41) is 14.4. The summed E-state index contributed by atoms with van der Waals surface area (Å²) >= 11 is 0. The van der Waals surface area contributed by atoms with Gasteiger partial charge in [-0.05, 0) is 13.8 Å². The number of hydrogen-bond acceptors (Lipinski definition) is 3. The van der Waals surface area contributed by atoms with Crippen LogP contribution in [0.15, 0.2) is 5.10 Å². The third-order valence-corrected chi connectivity index (χ3v) is 2.10. The van der Waals surface area contributed by atoms with Crippen molar-refractivity contribution >= 4 is 11.7 Å². The van der Waals surface area contributed by atoms with Gasteiger partial charge in [0.25, 0.3) is 0 Å². The highest BCUT2D eigenvalue weighted by atomic mass is 16.4. The fourth-order valence-corrected chi connectivity index (χ4v) is 1.23. The van der Waals surface area contributed by atoms with Gasteiger partial charge in [-0.25, -0.2) is 4.79 Å². The Morgan fingerprint density at radius 1 is 1.82 bits per heavy atom. The summed E-state index contributed by atoms with van der Waals surface area (Å²) in [6.07, 6.45) is 0.513. The molecule has 1 N–H and O–H groups in total. The second kappa shape index (κ2) is 2.22. The average Bonchev–Trinajstić information content (AvgIpc) is 2.08. The lowest BCUT2D eigenvalue weighted by atomic mass is 9.97. The van der Waals surface area contributed by atoms with E-state index in [1.54, 1.807) is 14.0 Å². The highest BCUT2D eigenvalue weighted by Gasteiger charge is 2.41. The molecule has 0 bridgehead atoms. The van der Waals surface area contributed by atoms with E-state index in [2.05, 4.69) is 5.10 Å². The molecule has 0 saturated heterocycles. The van der Waals surface area contributed by atoms with Crippen LogP contribution in [-0.4, -0.2) is 34.4 Å². The Bertz CT molecular complexity index is 224. The molecule has 0 spiro atoms. The van der Waals surface area contributed by atoms with Crippen LogP contribution in [0.1, 0.15) is 20.3 Å². The highest BCUT2D eigenvalue weighted by Crippen LogP contribution is 2.25. The van der Waals surface area contributed by atoms with Gasteiger partial charge in [0.1, 0.15) is 0 Å². The molecule has 1 unspecified atom stereocenters. The molecular formula is C7H12N2O2. The molecule has 1 rings (SSSR count). The first kappa shape index (κ1) is 8.04. The Morgan fingerprint density at radius 2 is 2.36 bits per heavy atom. The van der Waals surface area contributed by atoms with E-state index in [4.69, 9.17) is 5.11 Å². The van der Waals surface area contributed by atoms with E-state index < -0.39 is 11.5 Å². The van der Waals surface area contributed by atoms with Gasteiger partial charge in [0, 0.05) is 19.2 Å². The van der Waals surface area contributed by atoms with Crippen LogP contribution in [0.5, 0.6) is 0 Å². The summed E-state index contributed by atoms with van der Waals surface area (Å²) < 4.78 is 0. The molecule has 0 fully saturated rings. The molecule has 0 aliphatic carbocycles. The van der Waals surface area contributed by atoms with Crippen molar-refractivity contribution < 1.29 is 9.90 Å². The molecule has 0 amide bonds. The number of aliphatic carboxylic acids is 1. The molecule has 1 aliphatic heterocycles. The van der Waals surface area contributed by atoms with Gasteiger partial charge in [-0.15, -0.1) is 0 Å². The maximum absolute atomic E-state index is 10.8. The first-order valence-electron chi connectivity index (χ1n) is 3.48. The van der Waals surface area contributed by atoms with E-state index in [9.17, 15) is 4.79 Å². The topological polar surface area (TPSA) is 52.9 Å². The summed E-state index contributed by atoms with van der Waals surface area (Å²) in [5.41, 5.74) is 0.0433. The Balaban J connectivity index is 2.86. The van der Waals surface area contributed by atoms with Gasteiger partial charge in [0.05, 0.1) is 0 Å². The van der Waals surface area contributed by atoms with E-state index in [0.29, 0.717) is 6.42 Å². The van der Waals surface area contributed by atoms with Crippen molar-refractivity contribution in [1.29, 1.82) is 0 Å². The third-order valence-electron chi connectivity index (χ3n) is 2.10. The lowest BCUT2D eigenvalue weighted by molar-refractivity contribution is -0.148. The summed E-state index contributed by atoms with van der Waals surface area (Å²) in [6.45, 7) is 3.51. The van der Waals surface area contributed by atoms with E-state index in [-0.39, 0.29) is 0 Å². The van der Waals surface area contributed by atoms with Gasteiger partial charge in [-0.3, -0.25) is 5.01 Å². The Labute approximate surface area is 65.5 Å². The minimum absolute atomic E-state index is 0.513. The number of likely N-dealkylation sites (N-methyl/N-ethyl adjacent to an activating group) is 1. The normalized spacial score (nSPS) is 30.5. The lowest BCUT2D eigenvalue weighted by Gasteiger charge is -2.26. The summed E-state index contributed by atoms with van der Waals surface area (Å²) in [5.74, 6) is -0.819. The number of carboxylic acid groups (broad SMARTS) is 1. The Hall–Kier alpha value is -1.06. The average molecular weight is 156 g/mol. The molecule has 4 heteroatoms. The van der Waals surface area contributed by atoms with Crippen LogP contribution in [0.3, 0.4) is 0 Å². The minimum atomic E-state index is -0.829. The van der Waals surface area contributed by atoms with Crippen LogP contribution < -0.4 is 0 Å².